The number of methoxy groups -OCH3 is 2. The minimum Gasteiger partial charge on any atom is -0.497 e. The molecule has 0 aromatic heterocycles. The standard InChI is InChI=1S/C44H42N2O2/c1-45(2)35-23-15-31(16-24-35)43(32-17-25-36(26-18-32)46(3)4)41-13-9-7-11-39(41)40-12-8-10-14-42(40)44(43,33-19-27-37(47-5)28-20-33)34-21-29-38(48-6)30-22-34/h7-30H,1-6H3. The van der Waals surface area contributed by atoms with Crippen LogP contribution >= 0.6 is 0 Å². The van der Waals surface area contributed by atoms with E-state index in [1.54, 1.807) is 14.2 Å². The molecule has 4 nitrogen and oxygen atoms in total. The molecule has 0 spiro atoms. The fourth-order valence-electron chi connectivity index (χ4n) is 8.02. The molecular weight excluding hydrogens is 588 g/mol. The van der Waals surface area contributed by atoms with Crippen molar-refractivity contribution in [1.82, 2.24) is 0 Å². The Kier molecular flexibility index (Phi) is 7.96. The topological polar surface area (TPSA) is 24.9 Å². The van der Waals surface area contributed by atoms with Crippen LogP contribution in [0.4, 0.5) is 11.4 Å². The van der Waals surface area contributed by atoms with Crippen LogP contribution in [0.2, 0.25) is 0 Å². The summed E-state index contributed by atoms with van der Waals surface area (Å²) in [4.78, 5) is 4.32. The van der Waals surface area contributed by atoms with Gasteiger partial charge in [-0.2, -0.15) is 0 Å². The number of rotatable bonds is 8. The van der Waals surface area contributed by atoms with Crippen molar-refractivity contribution in [3.05, 3.63) is 179 Å². The predicted molar refractivity (Wildman–Crippen MR) is 199 cm³/mol. The molecule has 0 saturated heterocycles. The van der Waals surface area contributed by atoms with E-state index < -0.39 is 10.8 Å². The average molecular weight is 631 g/mol. The van der Waals surface area contributed by atoms with Gasteiger partial charge in [0.1, 0.15) is 11.5 Å². The largest absolute Gasteiger partial charge is 0.497 e. The van der Waals surface area contributed by atoms with Crippen molar-refractivity contribution in [2.75, 3.05) is 52.2 Å². The van der Waals surface area contributed by atoms with Crippen molar-refractivity contribution in [2.24, 2.45) is 0 Å². The third-order valence-corrected chi connectivity index (χ3v) is 10.2. The van der Waals surface area contributed by atoms with Crippen molar-refractivity contribution in [3.63, 3.8) is 0 Å². The van der Waals surface area contributed by atoms with Gasteiger partial charge in [-0.3, -0.25) is 0 Å². The first-order chi connectivity index (χ1) is 23.4. The molecule has 0 atom stereocenters. The van der Waals surface area contributed by atoms with Crippen LogP contribution in [0.1, 0.15) is 33.4 Å². The van der Waals surface area contributed by atoms with Gasteiger partial charge in [0.25, 0.3) is 0 Å². The van der Waals surface area contributed by atoms with Crippen LogP contribution in [0.15, 0.2) is 146 Å². The average Bonchev–Trinajstić information content (AvgIpc) is 3.14. The monoisotopic (exact) mass is 630 g/mol. The van der Waals surface area contributed by atoms with E-state index in [4.69, 9.17) is 9.47 Å². The molecule has 0 aliphatic heterocycles. The van der Waals surface area contributed by atoms with E-state index in [0.29, 0.717) is 0 Å². The maximum absolute atomic E-state index is 5.72. The SMILES string of the molecule is COc1ccc(C2(c3ccc(OC)cc3)c3ccccc3-c3ccccc3C2(c2ccc(N(C)C)cc2)c2ccc(N(C)C)cc2)cc1. The minimum atomic E-state index is -0.726. The predicted octanol–water partition coefficient (Wildman–Crippen LogP) is 9.19. The first-order valence-electron chi connectivity index (χ1n) is 16.4. The maximum Gasteiger partial charge on any atom is 0.118 e. The van der Waals surface area contributed by atoms with E-state index in [0.717, 1.165) is 22.9 Å². The molecular formula is C44H42N2O2. The molecule has 0 bridgehead atoms. The summed E-state index contributed by atoms with van der Waals surface area (Å²) in [5.74, 6) is 1.65. The van der Waals surface area contributed by atoms with E-state index in [-0.39, 0.29) is 0 Å². The van der Waals surface area contributed by atoms with E-state index in [1.807, 2.05) is 0 Å². The van der Waals surface area contributed by atoms with Crippen LogP contribution < -0.4 is 19.3 Å². The molecule has 0 saturated carbocycles. The van der Waals surface area contributed by atoms with Gasteiger partial charge in [-0.25, -0.2) is 0 Å². The lowest BCUT2D eigenvalue weighted by Crippen LogP contribution is -2.54. The molecule has 7 rings (SSSR count). The van der Waals surface area contributed by atoms with Gasteiger partial charge in [-0.1, -0.05) is 97.1 Å². The van der Waals surface area contributed by atoms with Gasteiger partial charge in [0.15, 0.2) is 0 Å². The third kappa shape index (κ3) is 4.58. The fraction of sp³-hybridized carbons (Fsp3) is 0.182. The zero-order chi connectivity index (χ0) is 33.5. The Balaban J connectivity index is 1.75. The van der Waals surface area contributed by atoms with Gasteiger partial charge in [0.05, 0.1) is 25.0 Å². The molecule has 6 aromatic rings. The second-order valence-corrected chi connectivity index (χ2v) is 12.9. The van der Waals surface area contributed by atoms with E-state index >= 15 is 0 Å². The summed E-state index contributed by atoms with van der Waals surface area (Å²) in [6, 6.07) is 53.7. The second kappa shape index (κ2) is 12.3. The van der Waals surface area contributed by atoms with Crippen LogP contribution in [-0.2, 0) is 10.8 Å². The second-order valence-electron chi connectivity index (χ2n) is 12.9. The highest BCUT2D eigenvalue weighted by Crippen LogP contribution is 2.65. The van der Waals surface area contributed by atoms with E-state index in [2.05, 4.69) is 184 Å². The molecule has 4 heteroatoms. The first-order valence-corrected chi connectivity index (χ1v) is 16.4. The lowest BCUT2D eigenvalue weighted by atomic mass is 9.43. The Morgan fingerprint density at radius 2 is 0.667 bits per heavy atom. The number of hydrogen-bond donors (Lipinski definition) is 0. The Bertz CT molecular complexity index is 1930. The molecule has 6 aromatic carbocycles. The minimum absolute atomic E-state index is 0.711. The van der Waals surface area contributed by atoms with E-state index in [9.17, 15) is 0 Å². The highest BCUT2D eigenvalue weighted by atomic mass is 16.5. The zero-order valence-corrected chi connectivity index (χ0v) is 28.6. The Morgan fingerprint density at radius 3 is 0.958 bits per heavy atom. The van der Waals surface area contributed by atoms with Crippen LogP contribution in [0.25, 0.3) is 11.1 Å². The smallest absolute Gasteiger partial charge is 0.118 e. The molecule has 48 heavy (non-hydrogen) atoms. The molecule has 0 N–H and O–H groups in total. The fourth-order valence-corrected chi connectivity index (χ4v) is 8.02. The molecule has 0 unspecified atom stereocenters. The van der Waals surface area contributed by atoms with Crippen molar-refractivity contribution < 1.29 is 9.47 Å². The molecule has 0 radical (unpaired) electrons. The maximum atomic E-state index is 5.72. The molecule has 1 aliphatic carbocycles. The Labute approximate surface area is 284 Å². The third-order valence-electron chi connectivity index (χ3n) is 10.2. The molecule has 1 aliphatic rings. The number of nitrogens with zero attached hydrogens (tertiary/aromatic N) is 2. The number of fused-ring (bicyclic) bond motifs is 3. The molecule has 0 amide bonds. The van der Waals surface area contributed by atoms with Gasteiger partial charge in [-0.05, 0) is 93.0 Å². The molecule has 240 valence electrons. The lowest BCUT2D eigenvalue weighted by Gasteiger charge is -2.57. The highest BCUT2D eigenvalue weighted by molar-refractivity contribution is 5.86. The zero-order valence-electron chi connectivity index (χ0n) is 28.6. The van der Waals surface area contributed by atoms with Crippen molar-refractivity contribution in [1.29, 1.82) is 0 Å². The van der Waals surface area contributed by atoms with Crippen molar-refractivity contribution in [3.8, 4) is 22.6 Å². The highest BCUT2D eigenvalue weighted by Gasteiger charge is 2.61. The van der Waals surface area contributed by atoms with Crippen molar-refractivity contribution in [2.45, 2.75) is 10.8 Å². The quantitative estimate of drug-likeness (QED) is 0.167. The van der Waals surface area contributed by atoms with Gasteiger partial charge in [0, 0.05) is 39.6 Å². The Hall–Kier alpha value is -5.48. The summed E-state index contributed by atoms with van der Waals surface area (Å²) in [5, 5.41) is 0. The molecule has 0 fully saturated rings. The summed E-state index contributed by atoms with van der Waals surface area (Å²) < 4.78 is 11.4. The summed E-state index contributed by atoms with van der Waals surface area (Å²) >= 11 is 0. The van der Waals surface area contributed by atoms with Gasteiger partial charge >= 0.3 is 0 Å². The first kappa shape index (κ1) is 31.1. The normalized spacial score (nSPS) is 14.0. The van der Waals surface area contributed by atoms with Crippen LogP contribution in [0.3, 0.4) is 0 Å². The summed E-state index contributed by atoms with van der Waals surface area (Å²) in [6.45, 7) is 0. The summed E-state index contributed by atoms with van der Waals surface area (Å²) in [5.41, 5.74) is 10.6. The number of ether oxygens (including phenoxy) is 2. The van der Waals surface area contributed by atoms with E-state index in [1.165, 1.54) is 44.5 Å². The molecule has 0 heterocycles. The van der Waals surface area contributed by atoms with Gasteiger partial charge in [0.2, 0.25) is 0 Å². The summed E-state index contributed by atoms with van der Waals surface area (Å²) in [7, 11) is 11.8. The van der Waals surface area contributed by atoms with Gasteiger partial charge in [-0.15, -0.1) is 0 Å². The summed E-state index contributed by atoms with van der Waals surface area (Å²) in [6.07, 6.45) is 0. The van der Waals surface area contributed by atoms with Crippen molar-refractivity contribution >= 4 is 11.4 Å². The lowest BCUT2D eigenvalue weighted by molar-refractivity contribution is 0.402. The number of anilines is 2. The van der Waals surface area contributed by atoms with Crippen LogP contribution in [0.5, 0.6) is 11.5 Å². The van der Waals surface area contributed by atoms with Crippen LogP contribution in [0, 0.1) is 0 Å². The van der Waals surface area contributed by atoms with Gasteiger partial charge < -0.3 is 19.3 Å². The number of benzene rings is 6. The van der Waals surface area contributed by atoms with Crippen LogP contribution in [-0.4, -0.2) is 42.4 Å². The number of hydrogen-bond acceptors (Lipinski definition) is 4. The Morgan fingerprint density at radius 1 is 0.375 bits per heavy atom.